The third-order valence-electron chi connectivity index (χ3n) is 2.80. The average Bonchev–Trinajstić information content (AvgIpc) is 2.40. The fourth-order valence-electron chi connectivity index (χ4n) is 1.93. The van der Waals surface area contributed by atoms with Gasteiger partial charge in [0.05, 0.1) is 5.56 Å². The Balaban J connectivity index is 2.29. The number of benzene rings is 2. The van der Waals surface area contributed by atoms with Crippen molar-refractivity contribution in [1.82, 2.24) is 0 Å². The Kier molecular flexibility index (Phi) is 2.38. The zero-order chi connectivity index (χ0) is 12.5. The molecule has 2 aromatic carbocycles. The van der Waals surface area contributed by atoms with Crippen molar-refractivity contribution >= 4 is 11.0 Å². The van der Waals surface area contributed by atoms with Crippen LogP contribution in [0, 0.1) is 0 Å². The molecule has 0 aliphatic heterocycles. The Morgan fingerprint density at radius 3 is 2.33 bits per heavy atom. The molecule has 1 aromatic heterocycles. The van der Waals surface area contributed by atoms with Gasteiger partial charge < -0.3 is 10.2 Å². The topological polar surface area (TPSA) is 51.8 Å². The monoisotopic (exact) mass is 239 g/mol. The van der Waals surface area contributed by atoms with Crippen molar-refractivity contribution in [3.05, 3.63) is 54.6 Å². The normalized spacial score (nSPS) is 10.7. The van der Waals surface area contributed by atoms with E-state index in [0.29, 0.717) is 16.7 Å². The predicted octanol–water partition coefficient (Wildman–Crippen LogP) is 3.79. The van der Waals surface area contributed by atoms with E-state index in [1.54, 1.807) is 18.2 Å². The number of hydrogen-bond acceptors (Lipinski definition) is 2. The van der Waals surface area contributed by atoms with Crippen LogP contribution < -0.4 is 0 Å². The summed E-state index contributed by atoms with van der Waals surface area (Å²) < 4.78 is 5.65. The van der Waals surface area contributed by atoms with Crippen LogP contribution in [-0.4, -0.2) is 10.2 Å². The van der Waals surface area contributed by atoms with Gasteiger partial charge >= 0.3 is 11.3 Å². The van der Waals surface area contributed by atoms with Gasteiger partial charge in [0, 0.05) is 12.1 Å². The van der Waals surface area contributed by atoms with Gasteiger partial charge in [0.15, 0.2) is 0 Å². The number of hydrogen-bond donors (Lipinski definition) is 2. The van der Waals surface area contributed by atoms with Gasteiger partial charge in [-0.05, 0) is 24.3 Å². The molecule has 88 valence electrons. The van der Waals surface area contributed by atoms with E-state index in [1.165, 1.54) is 6.07 Å². The first-order chi connectivity index (χ1) is 8.75. The van der Waals surface area contributed by atoms with Crippen LogP contribution in [0.5, 0.6) is 11.5 Å². The Morgan fingerprint density at radius 2 is 1.56 bits per heavy atom. The molecule has 0 unspecified atom stereocenters. The van der Waals surface area contributed by atoms with Gasteiger partial charge in [-0.25, -0.2) is 4.42 Å². The SMILES string of the molecule is Oc1cc2c(O)cccc2[o+]c1-c1ccccc1. The summed E-state index contributed by atoms with van der Waals surface area (Å²) >= 11 is 0. The molecular weight excluding hydrogens is 228 g/mol. The van der Waals surface area contributed by atoms with Crippen LogP contribution in [-0.2, 0) is 0 Å². The van der Waals surface area contributed by atoms with E-state index in [4.69, 9.17) is 4.42 Å². The molecule has 18 heavy (non-hydrogen) atoms. The van der Waals surface area contributed by atoms with Gasteiger partial charge in [-0.3, -0.25) is 0 Å². The fourth-order valence-corrected chi connectivity index (χ4v) is 1.93. The molecule has 0 aliphatic carbocycles. The second-order valence-corrected chi connectivity index (χ2v) is 4.02. The lowest BCUT2D eigenvalue weighted by molar-refractivity contribution is 0.450. The minimum atomic E-state index is 0.00944. The summed E-state index contributed by atoms with van der Waals surface area (Å²) in [5.41, 5.74) is 1.33. The van der Waals surface area contributed by atoms with Gasteiger partial charge in [-0.2, -0.15) is 0 Å². The highest BCUT2D eigenvalue weighted by Gasteiger charge is 2.22. The number of phenols is 1. The molecule has 0 saturated heterocycles. The van der Waals surface area contributed by atoms with E-state index >= 15 is 0 Å². The van der Waals surface area contributed by atoms with Crippen molar-refractivity contribution in [2.45, 2.75) is 0 Å². The Labute approximate surface area is 104 Å². The minimum Gasteiger partial charge on any atom is -0.507 e. The van der Waals surface area contributed by atoms with E-state index in [1.807, 2.05) is 30.3 Å². The van der Waals surface area contributed by atoms with Crippen LogP contribution in [0.25, 0.3) is 22.3 Å². The predicted molar refractivity (Wildman–Crippen MR) is 69.4 cm³/mol. The summed E-state index contributed by atoms with van der Waals surface area (Å²) in [4.78, 5) is 0. The second kappa shape index (κ2) is 4.04. The van der Waals surface area contributed by atoms with E-state index < -0.39 is 0 Å². The first-order valence-corrected chi connectivity index (χ1v) is 5.59. The summed E-state index contributed by atoms with van der Waals surface area (Å²) in [6.45, 7) is 0. The van der Waals surface area contributed by atoms with Crippen molar-refractivity contribution in [3.8, 4) is 22.8 Å². The smallest absolute Gasteiger partial charge is 0.401 e. The van der Waals surface area contributed by atoms with Crippen molar-refractivity contribution in [2.75, 3.05) is 0 Å². The van der Waals surface area contributed by atoms with Crippen molar-refractivity contribution in [3.63, 3.8) is 0 Å². The van der Waals surface area contributed by atoms with Gasteiger partial charge in [-0.1, -0.05) is 18.2 Å². The minimum absolute atomic E-state index is 0.00944. The molecule has 0 radical (unpaired) electrons. The quantitative estimate of drug-likeness (QED) is 0.635. The molecule has 3 rings (SSSR count). The van der Waals surface area contributed by atoms with Gasteiger partial charge in [0.25, 0.3) is 0 Å². The second-order valence-electron chi connectivity index (χ2n) is 4.02. The molecule has 3 heteroatoms. The van der Waals surface area contributed by atoms with E-state index in [-0.39, 0.29) is 11.5 Å². The lowest BCUT2D eigenvalue weighted by Crippen LogP contribution is -1.81. The molecule has 1 heterocycles. The first-order valence-electron chi connectivity index (χ1n) is 5.59. The van der Waals surface area contributed by atoms with Gasteiger partial charge in [-0.15, -0.1) is 0 Å². The standard InChI is InChI=1S/C15H10O3/c16-12-7-4-8-14-11(12)9-13(17)15(18-14)10-5-2-1-3-6-10/h1-9H,(H-,16,17)/p+1. The summed E-state index contributed by atoms with van der Waals surface area (Å²) in [6, 6.07) is 15.9. The zero-order valence-corrected chi connectivity index (χ0v) is 9.50. The maximum atomic E-state index is 9.98. The molecule has 0 fully saturated rings. The molecule has 3 nitrogen and oxygen atoms in total. The maximum absolute atomic E-state index is 9.98. The molecule has 0 spiro atoms. The van der Waals surface area contributed by atoms with Crippen molar-refractivity contribution < 1.29 is 14.6 Å². The molecule has 2 N–H and O–H groups in total. The Hall–Kier alpha value is -2.55. The summed E-state index contributed by atoms with van der Waals surface area (Å²) in [5, 5.41) is 20.2. The van der Waals surface area contributed by atoms with Crippen LogP contribution in [0.4, 0.5) is 0 Å². The molecule has 0 saturated carbocycles. The lowest BCUT2D eigenvalue weighted by Gasteiger charge is -1.97. The maximum Gasteiger partial charge on any atom is 0.401 e. The summed E-state index contributed by atoms with van der Waals surface area (Å²) in [7, 11) is 0. The fraction of sp³-hybridized carbons (Fsp3) is 0. The van der Waals surface area contributed by atoms with Crippen LogP contribution >= 0.6 is 0 Å². The third kappa shape index (κ3) is 1.66. The lowest BCUT2D eigenvalue weighted by atomic mass is 10.1. The van der Waals surface area contributed by atoms with Gasteiger partial charge in [0.2, 0.25) is 5.75 Å². The molecular formula is C15H11O3+. The molecule has 3 aromatic rings. The van der Waals surface area contributed by atoms with E-state index in [2.05, 4.69) is 0 Å². The molecule has 0 bridgehead atoms. The zero-order valence-electron chi connectivity index (χ0n) is 9.50. The Morgan fingerprint density at radius 1 is 0.778 bits per heavy atom. The van der Waals surface area contributed by atoms with E-state index in [0.717, 1.165) is 5.56 Å². The Bertz CT molecular complexity index is 706. The van der Waals surface area contributed by atoms with Crippen molar-refractivity contribution in [2.24, 2.45) is 0 Å². The molecule has 0 aliphatic rings. The highest BCUT2D eigenvalue weighted by Crippen LogP contribution is 2.36. The average molecular weight is 239 g/mol. The number of rotatable bonds is 1. The van der Waals surface area contributed by atoms with Crippen LogP contribution in [0.3, 0.4) is 0 Å². The number of aromatic hydroxyl groups is 2. The number of phenolic OH excluding ortho intramolecular Hbond substituents is 1. The van der Waals surface area contributed by atoms with Crippen LogP contribution in [0.1, 0.15) is 0 Å². The number of fused-ring (bicyclic) bond motifs is 1. The molecule has 0 amide bonds. The molecule has 0 atom stereocenters. The van der Waals surface area contributed by atoms with E-state index in [9.17, 15) is 10.2 Å². The van der Waals surface area contributed by atoms with Gasteiger partial charge in [0.1, 0.15) is 11.1 Å². The summed E-state index contributed by atoms with van der Waals surface area (Å²) in [6.07, 6.45) is 0. The van der Waals surface area contributed by atoms with Crippen LogP contribution in [0.15, 0.2) is 59.0 Å². The highest BCUT2D eigenvalue weighted by molar-refractivity contribution is 5.86. The first kappa shape index (κ1) is 10.6. The van der Waals surface area contributed by atoms with Crippen molar-refractivity contribution in [1.29, 1.82) is 0 Å². The third-order valence-corrected chi connectivity index (χ3v) is 2.80. The van der Waals surface area contributed by atoms with Crippen LogP contribution in [0.2, 0.25) is 0 Å². The highest BCUT2D eigenvalue weighted by atomic mass is 16.4. The summed E-state index contributed by atoms with van der Waals surface area (Å²) in [5.74, 6) is 0.495. The largest absolute Gasteiger partial charge is 0.507 e.